The maximum atomic E-state index is 12.1. The Balaban J connectivity index is 1.79. The monoisotopic (exact) mass is 332 g/mol. The average molecular weight is 332 g/mol. The molecule has 7 heteroatoms. The van der Waals surface area contributed by atoms with Gasteiger partial charge in [0, 0.05) is 32.2 Å². The highest BCUT2D eigenvalue weighted by atomic mass is 32.2. The molecule has 6 nitrogen and oxygen atoms in total. The van der Waals surface area contributed by atoms with Crippen molar-refractivity contribution in [2.45, 2.75) is 12.1 Å². The van der Waals surface area contributed by atoms with Crippen LogP contribution in [0.15, 0.2) is 41.8 Å². The maximum absolute atomic E-state index is 12.1. The molecule has 0 atom stereocenters. The van der Waals surface area contributed by atoms with E-state index in [-0.39, 0.29) is 24.1 Å². The zero-order valence-corrected chi connectivity index (χ0v) is 14.3. The van der Waals surface area contributed by atoms with E-state index in [0.717, 1.165) is 16.4 Å². The number of nitrogens with zero attached hydrogens (tertiary/aromatic N) is 3. The lowest BCUT2D eigenvalue weighted by Crippen LogP contribution is -2.36. The van der Waals surface area contributed by atoms with Gasteiger partial charge in [-0.1, -0.05) is 29.5 Å². The minimum atomic E-state index is -0.216. The van der Waals surface area contributed by atoms with Crippen LogP contribution in [-0.2, 0) is 16.6 Å². The number of carbonyl (C=O) groups excluding carboxylic acids is 2. The molecule has 0 aliphatic heterocycles. The first-order valence-corrected chi connectivity index (χ1v) is 8.15. The Morgan fingerprint density at radius 3 is 2.61 bits per heavy atom. The van der Waals surface area contributed by atoms with Crippen molar-refractivity contribution >= 4 is 29.3 Å². The fraction of sp³-hybridized carbons (Fsp3) is 0.312. The average Bonchev–Trinajstić information content (AvgIpc) is 2.92. The highest BCUT2D eigenvalue weighted by Crippen LogP contribution is 2.14. The first kappa shape index (κ1) is 17.1. The summed E-state index contributed by atoms with van der Waals surface area (Å²) in [5, 5.41) is 3.55. The Hall–Kier alpha value is -2.28. The predicted octanol–water partition coefficient (Wildman–Crippen LogP) is 1.92. The lowest BCUT2D eigenvalue weighted by molar-refractivity contribution is -0.131. The molecule has 122 valence electrons. The zero-order valence-electron chi connectivity index (χ0n) is 13.4. The molecule has 0 aliphatic rings. The van der Waals surface area contributed by atoms with Gasteiger partial charge in [-0.15, -0.1) is 0 Å². The van der Waals surface area contributed by atoms with Crippen molar-refractivity contribution in [3.8, 4) is 0 Å². The molecule has 0 saturated carbocycles. The normalized spacial score (nSPS) is 10.4. The van der Waals surface area contributed by atoms with Crippen LogP contribution in [0, 0.1) is 6.92 Å². The molecule has 2 aromatic rings. The highest BCUT2D eigenvalue weighted by Gasteiger charge is 2.14. The lowest BCUT2D eigenvalue weighted by Gasteiger charge is -2.16. The summed E-state index contributed by atoms with van der Waals surface area (Å²) in [4.78, 5) is 29.6. The van der Waals surface area contributed by atoms with Gasteiger partial charge < -0.3 is 14.8 Å². The molecule has 23 heavy (non-hydrogen) atoms. The van der Waals surface area contributed by atoms with Crippen LogP contribution in [0.2, 0.25) is 0 Å². The number of carbonyl (C=O) groups is 2. The van der Waals surface area contributed by atoms with E-state index in [1.165, 1.54) is 16.7 Å². The number of amides is 2. The molecule has 0 fully saturated rings. The third kappa shape index (κ3) is 5.14. The van der Waals surface area contributed by atoms with Gasteiger partial charge in [-0.25, -0.2) is 4.98 Å². The van der Waals surface area contributed by atoms with Crippen molar-refractivity contribution < 1.29 is 9.59 Å². The fourth-order valence-corrected chi connectivity index (χ4v) is 2.74. The number of hydrogen-bond acceptors (Lipinski definition) is 4. The summed E-state index contributed by atoms with van der Waals surface area (Å²) in [6.07, 6.45) is 3.51. The summed E-state index contributed by atoms with van der Waals surface area (Å²) in [5.74, 6) is -0.0807. The second-order valence-corrected chi connectivity index (χ2v) is 6.22. The quantitative estimate of drug-likeness (QED) is 0.821. The van der Waals surface area contributed by atoms with Gasteiger partial charge in [-0.2, -0.15) is 0 Å². The van der Waals surface area contributed by atoms with Gasteiger partial charge in [0.25, 0.3) is 0 Å². The topological polar surface area (TPSA) is 67.2 Å². The number of hydrogen-bond donors (Lipinski definition) is 1. The fourth-order valence-electron chi connectivity index (χ4n) is 1.87. The molecule has 2 rings (SSSR count). The van der Waals surface area contributed by atoms with Gasteiger partial charge in [-0.05, 0) is 19.1 Å². The Bertz CT molecular complexity index is 682. The Labute approximate surface area is 139 Å². The van der Waals surface area contributed by atoms with Gasteiger partial charge in [0.1, 0.15) is 0 Å². The maximum Gasteiger partial charge on any atom is 0.243 e. The van der Waals surface area contributed by atoms with Crippen LogP contribution in [-0.4, -0.2) is 45.6 Å². The van der Waals surface area contributed by atoms with Crippen molar-refractivity contribution in [3.05, 3.63) is 42.2 Å². The van der Waals surface area contributed by atoms with E-state index in [2.05, 4.69) is 10.3 Å². The van der Waals surface area contributed by atoms with Crippen LogP contribution in [0.25, 0.3) is 0 Å². The van der Waals surface area contributed by atoms with E-state index in [9.17, 15) is 9.59 Å². The van der Waals surface area contributed by atoms with Crippen LogP contribution in [0.1, 0.15) is 5.56 Å². The Morgan fingerprint density at radius 1 is 1.30 bits per heavy atom. The number of anilines is 1. The van der Waals surface area contributed by atoms with Crippen molar-refractivity contribution in [1.82, 2.24) is 14.5 Å². The highest BCUT2D eigenvalue weighted by molar-refractivity contribution is 7.99. The molecule has 1 N–H and O–H groups in total. The van der Waals surface area contributed by atoms with E-state index in [1.54, 1.807) is 13.2 Å². The molecule has 0 saturated heterocycles. The smallest absolute Gasteiger partial charge is 0.243 e. The van der Waals surface area contributed by atoms with Crippen LogP contribution >= 0.6 is 11.8 Å². The van der Waals surface area contributed by atoms with Crippen molar-refractivity contribution in [3.63, 3.8) is 0 Å². The van der Waals surface area contributed by atoms with E-state index < -0.39 is 0 Å². The minimum absolute atomic E-state index is 0.0217. The SMILES string of the molecule is Cc1ccc(NC(=O)CN(C)C(=O)CSc2nccn2C)cc1. The van der Waals surface area contributed by atoms with Crippen molar-refractivity contribution in [2.24, 2.45) is 7.05 Å². The predicted molar refractivity (Wildman–Crippen MR) is 91.4 cm³/mol. The van der Waals surface area contributed by atoms with Crippen LogP contribution in [0.3, 0.4) is 0 Å². The number of imidazole rings is 1. The van der Waals surface area contributed by atoms with Crippen molar-refractivity contribution in [1.29, 1.82) is 0 Å². The molecule has 0 bridgehead atoms. The summed E-state index contributed by atoms with van der Waals surface area (Å²) in [7, 11) is 3.49. The Morgan fingerprint density at radius 2 is 2.00 bits per heavy atom. The van der Waals surface area contributed by atoms with E-state index in [1.807, 2.05) is 49.0 Å². The third-order valence-electron chi connectivity index (χ3n) is 3.24. The molecule has 2 amide bonds. The number of aromatic nitrogens is 2. The zero-order chi connectivity index (χ0) is 16.8. The van der Waals surface area contributed by atoms with Crippen LogP contribution in [0.5, 0.6) is 0 Å². The standard InChI is InChI=1S/C16H20N4O2S/c1-12-4-6-13(7-5-12)18-14(21)10-20(3)15(22)11-23-16-17-8-9-19(16)2/h4-9H,10-11H2,1-3H3,(H,18,21). The van der Waals surface area contributed by atoms with Gasteiger partial charge in [-0.3, -0.25) is 9.59 Å². The van der Waals surface area contributed by atoms with Crippen molar-refractivity contribution in [2.75, 3.05) is 24.7 Å². The van der Waals surface area contributed by atoms with E-state index in [4.69, 9.17) is 0 Å². The summed E-state index contributed by atoms with van der Waals surface area (Å²) in [5.41, 5.74) is 1.85. The molecular weight excluding hydrogens is 312 g/mol. The molecule has 1 heterocycles. The first-order chi connectivity index (χ1) is 11.0. The Kier molecular flexibility index (Phi) is 5.81. The van der Waals surface area contributed by atoms with Gasteiger partial charge in [0.2, 0.25) is 11.8 Å². The largest absolute Gasteiger partial charge is 0.336 e. The number of thioether (sulfide) groups is 1. The molecule has 1 aromatic heterocycles. The summed E-state index contributed by atoms with van der Waals surface area (Å²) < 4.78 is 1.85. The molecule has 0 aliphatic carbocycles. The number of nitrogens with one attached hydrogen (secondary N) is 1. The van der Waals surface area contributed by atoms with E-state index in [0.29, 0.717) is 0 Å². The third-order valence-corrected chi connectivity index (χ3v) is 4.29. The summed E-state index contributed by atoms with van der Waals surface area (Å²) in [6.45, 7) is 2.01. The van der Waals surface area contributed by atoms with E-state index >= 15 is 0 Å². The number of benzene rings is 1. The number of aryl methyl sites for hydroxylation is 2. The lowest BCUT2D eigenvalue weighted by atomic mass is 10.2. The second-order valence-electron chi connectivity index (χ2n) is 5.27. The van der Waals surface area contributed by atoms with Crippen LogP contribution in [0.4, 0.5) is 5.69 Å². The molecule has 0 unspecified atom stereocenters. The van der Waals surface area contributed by atoms with Gasteiger partial charge >= 0.3 is 0 Å². The summed E-state index contributed by atoms with van der Waals surface area (Å²) >= 11 is 1.35. The second kappa shape index (κ2) is 7.82. The molecule has 0 spiro atoms. The minimum Gasteiger partial charge on any atom is -0.336 e. The van der Waals surface area contributed by atoms with Gasteiger partial charge in [0.05, 0.1) is 12.3 Å². The number of likely N-dealkylation sites (N-methyl/N-ethyl adjacent to an activating group) is 1. The van der Waals surface area contributed by atoms with Crippen LogP contribution < -0.4 is 5.32 Å². The first-order valence-electron chi connectivity index (χ1n) is 7.16. The molecular formula is C16H20N4O2S. The number of rotatable bonds is 6. The van der Waals surface area contributed by atoms with Gasteiger partial charge in [0.15, 0.2) is 5.16 Å². The summed E-state index contributed by atoms with van der Waals surface area (Å²) in [6, 6.07) is 7.53. The molecule has 1 aromatic carbocycles. The molecule has 0 radical (unpaired) electrons.